The van der Waals surface area contributed by atoms with Gasteiger partial charge in [-0.05, 0) is 42.2 Å². The van der Waals surface area contributed by atoms with Gasteiger partial charge in [-0.15, -0.1) is 0 Å². The maximum Gasteiger partial charge on any atom is 0.326 e. The summed E-state index contributed by atoms with van der Waals surface area (Å²) < 4.78 is 41.4. The van der Waals surface area contributed by atoms with Crippen LogP contribution in [0.15, 0.2) is 30.5 Å². The molecule has 1 fully saturated rings. The minimum atomic E-state index is -4.14. The minimum absolute atomic E-state index is 0.0447. The van der Waals surface area contributed by atoms with Crippen molar-refractivity contribution in [2.75, 3.05) is 22.8 Å². The van der Waals surface area contributed by atoms with Crippen LogP contribution in [0.2, 0.25) is 0 Å². The molecule has 27 heavy (non-hydrogen) atoms. The van der Waals surface area contributed by atoms with Gasteiger partial charge in [0, 0.05) is 19.3 Å². The number of amides is 1. The Balaban J connectivity index is 1.90. The summed E-state index contributed by atoms with van der Waals surface area (Å²) >= 11 is 0. The van der Waals surface area contributed by atoms with Gasteiger partial charge in [-0.3, -0.25) is 4.79 Å². The molecule has 0 unspecified atom stereocenters. The fourth-order valence-corrected chi connectivity index (χ4v) is 4.02. The summed E-state index contributed by atoms with van der Waals surface area (Å²) in [5, 5.41) is 12.3. The lowest BCUT2D eigenvalue weighted by atomic mass is 10.0. The van der Waals surface area contributed by atoms with Gasteiger partial charge in [0.15, 0.2) is 0 Å². The van der Waals surface area contributed by atoms with Gasteiger partial charge in [-0.1, -0.05) is 12.1 Å². The average Bonchev–Trinajstić information content (AvgIpc) is 2.86. The highest BCUT2D eigenvalue weighted by atomic mass is 32.2. The van der Waals surface area contributed by atoms with E-state index in [1.54, 1.807) is 18.3 Å². The van der Waals surface area contributed by atoms with Crippen LogP contribution >= 0.6 is 0 Å². The molecule has 2 aromatic rings. The molecule has 0 atom stereocenters. The fourth-order valence-electron chi connectivity index (χ4n) is 2.82. The number of rotatable bonds is 6. The molecule has 0 spiro atoms. The topological polar surface area (TPSA) is 112 Å². The lowest BCUT2D eigenvalue weighted by Gasteiger charge is -2.20. The predicted octanol–water partition coefficient (Wildman–Crippen LogP) is 0.857. The molecule has 0 aliphatic carbocycles. The summed E-state index contributed by atoms with van der Waals surface area (Å²) in [5.74, 6) is -0.902. The minimum Gasteiger partial charge on any atom is -0.396 e. The number of nitrogens with zero attached hydrogens (tertiary/aromatic N) is 2. The summed E-state index contributed by atoms with van der Waals surface area (Å²) in [6, 6.07) is 6.49. The van der Waals surface area contributed by atoms with Crippen LogP contribution in [0.25, 0.3) is 0 Å². The second-order valence-electron chi connectivity index (χ2n) is 6.17. The van der Waals surface area contributed by atoms with Crippen LogP contribution in [0, 0.1) is 12.7 Å². The van der Waals surface area contributed by atoms with E-state index in [9.17, 15) is 22.7 Å². The van der Waals surface area contributed by atoms with Gasteiger partial charge in [-0.25, -0.2) is 18.4 Å². The number of aliphatic hydroxyl groups excluding tert-OH is 1. The molecule has 0 radical (unpaired) electrons. The number of carbonyl (C=O) groups excluding carboxylic acids is 1. The molecule has 1 saturated heterocycles. The van der Waals surface area contributed by atoms with E-state index < -0.39 is 28.5 Å². The normalized spacial score (nSPS) is 15.7. The molecule has 3 N–H and O–H groups in total. The molecule has 1 aliphatic rings. The van der Waals surface area contributed by atoms with E-state index in [0.717, 1.165) is 5.56 Å². The second-order valence-corrected chi connectivity index (χ2v) is 7.77. The number of halogens is 1. The second kappa shape index (κ2) is 7.49. The van der Waals surface area contributed by atoms with Crippen LogP contribution in [0.4, 0.5) is 15.9 Å². The highest BCUT2D eigenvalue weighted by Gasteiger charge is 2.37. The smallest absolute Gasteiger partial charge is 0.326 e. The zero-order chi connectivity index (χ0) is 19.6. The van der Waals surface area contributed by atoms with Gasteiger partial charge < -0.3 is 10.4 Å². The van der Waals surface area contributed by atoms with Gasteiger partial charge in [0.1, 0.15) is 18.2 Å². The van der Waals surface area contributed by atoms with E-state index in [1.807, 2.05) is 17.7 Å². The zero-order valence-corrected chi connectivity index (χ0v) is 15.4. The molecular weight excluding hydrogens is 375 g/mol. The summed E-state index contributed by atoms with van der Waals surface area (Å²) in [7, 11) is -4.14. The van der Waals surface area contributed by atoms with Crippen molar-refractivity contribution in [2.45, 2.75) is 19.9 Å². The summed E-state index contributed by atoms with van der Waals surface area (Å²) in [6.07, 6.45) is 1.74. The fraction of sp³-hybridized carbons (Fsp3) is 0.294. The van der Waals surface area contributed by atoms with Crippen molar-refractivity contribution in [3.63, 3.8) is 0 Å². The third-order valence-corrected chi connectivity index (χ3v) is 5.42. The van der Waals surface area contributed by atoms with Crippen molar-refractivity contribution in [3.8, 4) is 0 Å². The SMILES string of the molecule is Cc1ccc(NCc2cc(F)c(N3CC(=O)NS3(=O)=O)c(CCO)c2)nc1. The largest absolute Gasteiger partial charge is 0.396 e. The number of carbonyl (C=O) groups is 1. The van der Waals surface area contributed by atoms with Crippen molar-refractivity contribution in [2.24, 2.45) is 0 Å². The molecular formula is C17H19FN4O4S. The average molecular weight is 394 g/mol. The number of anilines is 2. The first-order chi connectivity index (χ1) is 12.8. The number of hydrogen-bond donors (Lipinski definition) is 3. The summed E-state index contributed by atoms with van der Waals surface area (Å²) in [6.45, 7) is 1.38. The zero-order valence-electron chi connectivity index (χ0n) is 14.6. The summed E-state index contributed by atoms with van der Waals surface area (Å²) in [4.78, 5) is 15.7. The van der Waals surface area contributed by atoms with Gasteiger partial charge in [0.05, 0.1) is 5.69 Å². The maximum atomic E-state index is 14.8. The van der Waals surface area contributed by atoms with Crippen molar-refractivity contribution < 1.29 is 22.7 Å². The van der Waals surface area contributed by atoms with Crippen LogP contribution in [0.5, 0.6) is 0 Å². The Kier molecular flexibility index (Phi) is 5.29. The maximum absolute atomic E-state index is 14.8. The van der Waals surface area contributed by atoms with Crippen molar-refractivity contribution in [1.82, 2.24) is 9.71 Å². The van der Waals surface area contributed by atoms with Crippen molar-refractivity contribution >= 4 is 27.6 Å². The van der Waals surface area contributed by atoms with Gasteiger partial charge in [-0.2, -0.15) is 8.42 Å². The Morgan fingerprint density at radius 3 is 2.74 bits per heavy atom. The Morgan fingerprint density at radius 1 is 1.37 bits per heavy atom. The van der Waals surface area contributed by atoms with Gasteiger partial charge in [0.2, 0.25) is 0 Å². The Bertz CT molecular complexity index is 964. The lowest BCUT2D eigenvalue weighted by molar-refractivity contribution is -0.117. The highest BCUT2D eigenvalue weighted by molar-refractivity contribution is 7.92. The number of aromatic nitrogens is 1. The van der Waals surface area contributed by atoms with Crippen LogP contribution in [-0.4, -0.2) is 37.6 Å². The first-order valence-electron chi connectivity index (χ1n) is 8.22. The highest BCUT2D eigenvalue weighted by Crippen LogP contribution is 2.30. The van der Waals surface area contributed by atoms with Gasteiger partial charge in [0.25, 0.3) is 5.91 Å². The van der Waals surface area contributed by atoms with Crippen molar-refractivity contribution in [3.05, 3.63) is 53.0 Å². The molecule has 0 saturated carbocycles. The van der Waals surface area contributed by atoms with E-state index in [-0.39, 0.29) is 25.3 Å². The molecule has 8 nitrogen and oxygen atoms in total. The number of benzene rings is 1. The number of nitrogens with one attached hydrogen (secondary N) is 2. The third kappa shape index (κ3) is 4.17. The molecule has 1 aliphatic heterocycles. The molecule has 1 aromatic carbocycles. The molecule has 1 aromatic heterocycles. The number of pyridine rings is 1. The van der Waals surface area contributed by atoms with Gasteiger partial charge >= 0.3 is 10.2 Å². The molecule has 0 bridgehead atoms. The van der Waals surface area contributed by atoms with Crippen LogP contribution < -0.4 is 14.3 Å². The van der Waals surface area contributed by atoms with Crippen LogP contribution in [0.1, 0.15) is 16.7 Å². The predicted molar refractivity (Wildman–Crippen MR) is 97.9 cm³/mol. The first kappa shape index (κ1) is 19.1. The number of hydrogen-bond acceptors (Lipinski definition) is 6. The molecule has 3 rings (SSSR count). The quantitative estimate of drug-likeness (QED) is 0.670. The van der Waals surface area contributed by atoms with Crippen molar-refractivity contribution in [1.29, 1.82) is 0 Å². The Labute approximate surface area is 156 Å². The molecule has 144 valence electrons. The molecule has 2 heterocycles. The summed E-state index contributed by atoms with van der Waals surface area (Å²) in [5.41, 5.74) is 1.64. The van der Waals surface area contributed by atoms with E-state index in [1.165, 1.54) is 6.07 Å². The van der Waals surface area contributed by atoms with E-state index >= 15 is 0 Å². The standard InChI is InChI=1S/C17H19FN4O4S/c1-11-2-3-15(19-8-11)20-9-12-6-13(4-5-23)17(14(18)7-12)22-10-16(24)21-27(22,25)26/h2-3,6-8,23H,4-5,9-10H2,1H3,(H,19,20)(H,21,24). The third-order valence-electron chi connectivity index (χ3n) is 4.04. The number of aliphatic hydroxyl groups is 1. The van der Waals surface area contributed by atoms with E-state index in [4.69, 9.17) is 0 Å². The Morgan fingerprint density at radius 2 is 2.15 bits per heavy atom. The lowest BCUT2D eigenvalue weighted by Crippen LogP contribution is -2.31. The monoisotopic (exact) mass is 394 g/mol. The Hall–Kier alpha value is -2.72. The van der Waals surface area contributed by atoms with E-state index in [0.29, 0.717) is 21.2 Å². The number of aryl methyl sites for hydroxylation is 1. The molecule has 10 heteroatoms. The molecule has 1 amide bonds. The van der Waals surface area contributed by atoms with Crippen LogP contribution in [-0.2, 0) is 28.0 Å². The van der Waals surface area contributed by atoms with E-state index in [2.05, 4.69) is 10.3 Å². The van der Waals surface area contributed by atoms with Crippen LogP contribution in [0.3, 0.4) is 0 Å². The first-order valence-corrected chi connectivity index (χ1v) is 9.66.